The first-order valence-electron chi connectivity index (χ1n) is 18.5. The minimum Gasteiger partial charge on any atom is -0.412 e. The zero-order valence-corrected chi connectivity index (χ0v) is 33.2. The molecule has 0 amide bonds. The second-order valence-electron chi connectivity index (χ2n) is 16.1. The highest BCUT2D eigenvalue weighted by atomic mass is 32.2. The van der Waals surface area contributed by atoms with E-state index in [-0.39, 0.29) is 64.6 Å². The Labute approximate surface area is 329 Å². The fourth-order valence-corrected chi connectivity index (χ4v) is 13.3. The molecule has 8 bridgehead atoms. The lowest BCUT2D eigenvalue weighted by Gasteiger charge is -2.36. The van der Waals surface area contributed by atoms with E-state index in [2.05, 4.69) is 42.5 Å². The third-order valence-corrected chi connectivity index (χ3v) is 17.3. The molecule has 14 atom stereocenters. The molecular formula is C32H46N8O13S4. The van der Waals surface area contributed by atoms with E-state index in [0.29, 0.717) is 35.1 Å². The smallest absolute Gasteiger partial charge is 0.294 e. The molecule has 316 valence electrons. The van der Waals surface area contributed by atoms with E-state index in [1.807, 2.05) is 0 Å². The lowest BCUT2D eigenvalue weighted by molar-refractivity contribution is 0.184. The van der Waals surface area contributed by atoms with Gasteiger partial charge in [-0.2, -0.15) is 33.7 Å². The molecule has 25 heteroatoms. The van der Waals surface area contributed by atoms with Gasteiger partial charge in [0.2, 0.25) is 0 Å². The number of nitrogens with one attached hydrogen (secondary N) is 8. The standard InChI is InChI=1S/C32H44N8O12S4.H2O/c41-53(42,43)13-1-5-17-21(9-13)29-33-25(17)37-30-22-10-14(54(44,45)46)2-6-18(22)27(34-30)39-32-24-12-16(56(50,51)52)4-8-20(24)28(36-32)40-31-23-11-15(55(47,48)49)3-7-19(23)26(35-31)38-29;/h1,4-5,8-9,12,14-15,18-19,22-23,25-40H,2-3,6-7,10-11H2,(H,41,42,43)(H,44,45,46)(H,47,48,49)(H,50,51,52);1H2. The third-order valence-electron chi connectivity index (χ3n) is 13.1. The maximum Gasteiger partial charge on any atom is 0.294 e. The van der Waals surface area contributed by atoms with Gasteiger partial charge in [-0.3, -0.25) is 60.7 Å². The molecule has 5 aliphatic heterocycles. The number of benzene rings is 2. The molecule has 3 saturated heterocycles. The van der Waals surface area contributed by atoms with Crippen LogP contribution in [0.2, 0.25) is 0 Å². The summed E-state index contributed by atoms with van der Waals surface area (Å²) in [6.07, 6.45) is -3.31. The number of fused-ring (bicyclic) bond motifs is 20. The van der Waals surface area contributed by atoms with E-state index in [1.165, 1.54) is 24.3 Å². The predicted molar refractivity (Wildman–Crippen MR) is 200 cm³/mol. The summed E-state index contributed by atoms with van der Waals surface area (Å²) in [7, 11) is -17.9. The van der Waals surface area contributed by atoms with Crippen LogP contribution in [-0.4, -0.2) is 92.5 Å². The van der Waals surface area contributed by atoms with E-state index in [1.54, 1.807) is 12.1 Å². The molecule has 5 heterocycles. The molecule has 9 rings (SSSR count). The molecule has 5 fully saturated rings. The summed E-state index contributed by atoms with van der Waals surface area (Å²) >= 11 is 0. The molecule has 2 saturated carbocycles. The highest BCUT2D eigenvalue weighted by molar-refractivity contribution is 7.87. The Morgan fingerprint density at radius 3 is 1.09 bits per heavy atom. The van der Waals surface area contributed by atoms with Crippen molar-refractivity contribution in [1.29, 1.82) is 0 Å². The Morgan fingerprint density at radius 1 is 0.421 bits per heavy atom. The van der Waals surface area contributed by atoms with Crippen molar-refractivity contribution in [2.24, 2.45) is 23.7 Å². The largest absolute Gasteiger partial charge is 0.412 e. The zero-order valence-electron chi connectivity index (χ0n) is 30.0. The van der Waals surface area contributed by atoms with Crippen molar-refractivity contribution in [1.82, 2.24) is 42.5 Å². The highest BCUT2D eigenvalue weighted by Gasteiger charge is 2.53. The fourth-order valence-electron chi connectivity index (χ4n) is 10.5. The minimum absolute atomic E-state index is 0. The van der Waals surface area contributed by atoms with Gasteiger partial charge in [0.05, 0.1) is 69.6 Å². The summed E-state index contributed by atoms with van der Waals surface area (Å²) in [5.41, 5.74) is 2.36. The molecule has 2 aromatic rings. The van der Waals surface area contributed by atoms with E-state index < -0.39 is 100 Å². The van der Waals surface area contributed by atoms with Crippen molar-refractivity contribution < 1.29 is 57.4 Å². The van der Waals surface area contributed by atoms with Crippen LogP contribution in [0.15, 0.2) is 46.2 Å². The Hall–Kier alpha value is -2.28. The van der Waals surface area contributed by atoms with Crippen molar-refractivity contribution in [3.63, 3.8) is 0 Å². The number of hydrogen-bond donors (Lipinski definition) is 12. The van der Waals surface area contributed by atoms with Gasteiger partial charge in [-0.15, -0.1) is 0 Å². The fraction of sp³-hybridized carbons (Fsp3) is 0.625. The average molecular weight is 879 g/mol. The van der Waals surface area contributed by atoms with Gasteiger partial charge in [-0.1, -0.05) is 12.1 Å². The van der Waals surface area contributed by atoms with Crippen LogP contribution < -0.4 is 42.5 Å². The van der Waals surface area contributed by atoms with Gasteiger partial charge in [-0.25, -0.2) is 0 Å². The highest BCUT2D eigenvalue weighted by Crippen LogP contribution is 2.46. The average Bonchev–Trinajstić information content (AvgIpc) is 3.84. The SMILES string of the molecule is O.O=S(=O)(O)c1ccc2c(c1)C1NC2NC2NC(NC3NC(NC4NC(N1)C1CCC(S(=O)(=O)O)CC41)c1ccc(S(=O)(=O)O)cc13)C1CCC(S(=O)(=O)O)CC21. The number of hydrogen-bond acceptors (Lipinski definition) is 16. The predicted octanol–water partition coefficient (Wildman–Crippen LogP) is -1.52. The first-order valence-corrected chi connectivity index (χ1v) is 24.3. The Kier molecular flexibility index (Phi) is 10.5. The van der Waals surface area contributed by atoms with Crippen LogP contribution >= 0.6 is 0 Å². The summed E-state index contributed by atoms with van der Waals surface area (Å²) in [6.45, 7) is 0. The third kappa shape index (κ3) is 7.58. The zero-order chi connectivity index (χ0) is 39.7. The van der Waals surface area contributed by atoms with Gasteiger partial charge in [0.1, 0.15) is 0 Å². The van der Waals surface area contributed by atoms with Crippen molar-refractivity contribution in [3.05, 3.63) is 58.7 Å². The van der Waals surface area contributed by atoms with Crippen LogP contribution in [0.4, 0.5) is 0 Å². The Morgan fingerprint density at radius 2 is 0.754 bits per heavy atom. The molecule has 21 nitrogen and oxygen atoms in total. The van der Waals surface area contributed by atoms with Gasteiger partial charge in [0, 0.05) is 0 Å². The second kappa shape index (κ2) is 14.4. The van der Waals surface area contributed by atoms with Crippen LogP contribution in [-0.2, 0) is 40.5 Å². The Balaban J connectivity index is 0.00000455. The van der Waals surface area contributed by atoms with Gasteiger partial charge in [-0.05, 0) is 109 Å². The molecule has 57 heavy (non-hydrogen) atoms. The van der Waals surface area contributed by atoms with E-state index in [9.17, 15) is 51.9 Å². The molecular weight excluding hydrogens is 833 g/mol. The molecule has 14 unspecified atom stereocenters. The van der Waals surface area contributed by atoms with Gasteiger partial charge >= 0.3 is 0 Å². The normalized spacial score (nSPS) is 39.0. The van der Waals surface area contributed by atoms with Crippen molar-refractivity contribution in [2.75, 3.05) is 0 Å². The van der Waals surface area contributed by atoms with Gasteiger partial charge in [0.15, 0.2) is 0 Å². The molecule has 2 aliphatic carbocycles. The maximum atomic E-state index is 12.4. The van der Waals surface area contributed by atoms with Gasteiger partial charge in [0.25, 0.3) is 40.5 Å². The van der Waals surface area contributed by atoms with Crippen molar-refractivity contribution in [2.45, 2.75) is 108 Å². The minimum atomic E-state index is -4.59. The molecule has 2 aromatic carbocycles. The monoisotopic (exact) mass is 878 g/mol. The molecule has 7 aliphatic rings. The first kappa shape index (κ1) is 41.5. The molecule has 0 spiro atoms. The second-order valence-corrected chi connectivity index (χ2v) is 22.3. The molecule has 14 N–H and O–H groups in total. The lowest BCUT2D eigenvalue weighted by Crippen LogP contribution is -2.55. The molecule has 0 radical (unpaired) electrons. The van der Waals surface area contributed by atoms with Crippen LogP contribution in [0.5, 0.6) is 0 Å². The first-order chi connectivity index (χ1) is 26.2. The molecule has 0 aromatic heterocycles. The lowest BCUT2D eigenvalue weighted by atomic mass is 9.78. The van der Waals surface area contributed by atoms with Crippen molar-refractivity contribution in [3.8, 4) is 0 Å². The van der Waals surface area contributed by atoms with E-state index in [0.717, 1.165) is 0 Å². The van der Waals surface area contributed by atoms with Crippen LogP contribution in [0.3, 0.4) is 0 Å². The van der Waals surface area contributed by atoms with Crippen LogP contribution in [0, 0.1) is 23.7 Å². The van der Waals surface area contributed by atoms with Gasteiger partial charge < -0.3 is 5.48 Å². The summed E-state index contributed by atoms with van der Waals surface area (Å²) in [6, 6.07) is 8.52. The Bertz CT molecular complexity index is 2230. The summed E-state index contributed by atoms with van der Waals surface area (Å²) in [5, 5.41) is 26.4. The van der Waals surface area contributed by atoms with E-state index in [4.69, 9.17) is 0 Å². The maximum absolute atomic E-state index is 12.4. The topological polar surface area (TPSA) is 345 Å². The van der Waals surface area contributed by atoms with E-state index >= 15 is 0 Å². The van der Waals surface area contributed by atoms with Crippen LogP contribution in [0.1, 0.15) is 85.4 Å². The summed E-state index contributed by atoms with van der Waals surface area (Å²) in [4.78, 5) is -0.627. The van der Waals surface area contributed by atoms with Crippen LogP contribution in [0.25, 0.3) is 0 Å². The number of rotatable bonds is 4. The summed E-state index contributed by atoms with van der Waals surface area (Å²) in [5.74, 6) is -1.04. The summed E-state index contributed by atoms with van der Waals surface area (Å²) < 4.78 is 139. The quantitative estimate of drug-likeness (QED) is 0.155. The van der Waals surface area contributed by atoms with Crippen molar-refractivity contribution >= 4 is 40.5 Å².